The lowest BCUT2D eigenvalue weighted by atomic mass is 10.0. The van der Waals surface area contributed by atoms with Crippen molar-refractivity contribution in [3.63, 3.8) is 0 Å². The molecule has 3 aromatic carbocycles. The topological polar surface area (TPSA) is 85.8 Å². The molecule has 5 rings (SSSR count). The van der Waals surface area contributed by atoms with Gasteiger partial charge >= 0.3 is 0 Å². The van der Waals surface area contributed by atoms with Crippen LogP contribution in [0.4, 0.5) is 11.5 Å². The SMILES string of the molecule is C=COc1cc2nccc(Oc3ccc4c(C(=O)Nc5ccc(N(C=C)C=C)nc5)cccc4c3)c2cc1OC=C. The molecule has 0 radical (unpaired) electrons. The van der Waals surface area contributed by atoms with Crippen molar-refractivity contribution in [2.45, 2.75) is 0 Å². The van der Waals surface area contributed by atoms with E-state index in [4.69, 9.17) is 14.2 Å². The molecule has 0 aliphatic rings. The summed E-state index contributed by atoms with van der Waals surface area (Å²) in [6, 6.07) is 19.9. The maximum Gasteiger partial charge on any atom is 0.256 e. The molecule has 202 valence electrons. The highest BCUT2D eigenvalue weighted by Gasteiger charge is 2.14. The Morgan fingerprint density at radius 1 is 0.805 bits per heavy atom. The first-order chi connectivity index (χ1) is 20.0. The minimum absolute atomic E-state index is 0.254. The molecule has 5 aromatic rings. The zero-order valence-corrected chi connectivity index (χ0v) is 22.1. The molecule has 2 heterocycles. The summed E-state index contributed by atoms with van der Waals surface area (Å²) in [6.07, 6.45) is 9.07. The van der Waals surface area contributed by atoms with Gasteiger partial charge in [0.2, 0.25) is 0 Å². The van der Waals surface area contributed by atoms with E-state index < -0.39 is 0 Å². The number of benzene rings is 3. The van der Waals surface area contributed by atoms with Crippen LogP contribution in [0.2, 0.25) is 0 Å². The molecule has 41 heavy (non-hydrogen) atoms. The van der Waals surface area contributed by atoms with Gasteiger partial charge in [-0.05, 0) is 59.3 Å². The van der Waals surface area contributed by atoms with Crippen LogP contribution in [0.25, 0.3) is 21.7 Å². The van der Waals surface area contributed by atoms with Crippen molar-refractivity contribution in [3.8, 4) is 23.0 Å². The molecule has 0 unspecified atom stereocenters. The van der Waals surface area contributed by atoms with E-state index in [2.05, 4.69) is 41.6 Å². The first-order valence-corrected chi connectivity index (χ1v) is 12.5. The lowest BCUT2D eigenvalue weighted by Gasteiger charge is -2.14. The van der Waals surface area contributed by atoms with E-state index in [1.54, 1.807) is 66.1 Å². The number of ether oxygens (including phenoxy) is 3. The van der Waals surface area contributed by atoms with E-state index in [0.717, 1.165) is 16.2 Å². The minimum Gasteiger partial charge on any atom is -0.462 e. The normalized spacial score (nSPS) is 10.4. The Balaban J connectivity index is 1.41. The predicted octanol–water partition coefficient (Wildman–Crippen LogP) is 7.97. The number of hydrogen-bond donors (Lipinski definition) is 1. The van der Waals surface area contributed by atoms with Gasteiger partial charge in [0.1, 0.15) is 17.3 Å². The minimum atomic E-state index is -0.254. The molecule has 0 aliphatic heterocycles. The average molecular weight is 543 g/mol. The van der Waals surface area contributed by atoms with Crippen LogP contribution in [0.15, 0.2) is 130 Å². The Labute approximate surface area is 237 Å². The van der Waals surface area contributed by atoms with Gasteiger partial charge < -0.3 is 24.4 Å². The second-order valence-corrected chi connectivity index (χ2v) is 8.62. The highest BCUT2D eigenvalue weighted by molar-refractivity contribution is 6.13. The Morgan fingerprint density at radius 2 is 1.59 bits per heavy atom. The van der Waals surface area contributed by atoms with Crippen molar-refractivity contribution in [2.75, 3.05) is 10.2 Å². The third-order valence-electron chi connectivity index (χ3n) is 6.18. The highest BCUT2D eigenvalue weighted by atomic mass is 16.5. The monoisotopic (exact) mass is 542 g/mol. The zero-order valence-electron chi connectivity index (χ0n) is 22.1. The molecule has 0 bridgehead atoms. The number of nitrogens with one attached hydrogen (secondary N) is 1. The van der Waals surface area contributed by atoms with E-state index in [0.29, 0.717) is 45.6 Å². The van der Waals surface area contributed by atoms with Crippen molar-refractivity contribution in [3.05, 3.63) is 136 Å². The van der Waals surface area contributed by atoms with Crippen LogP contribution >= 0.6 is 0 Å². The fourth-order valence-corrected chi connectivity index (χ4v) is 4.30. The zero-order chi connectivity index (χ0) is 28.8. The number of hydrogen-bond acceptors (Lipinski definition) is 7. The van der Waals surface area contributed by atoms with Gasteiger partial charge in [-0.15, -0.1) is 0 Å². The standard InChI is InChI=1S/C33H26N4O4/c1-5-37(6-2)32-15-12-23(21-35-32)36-33(38)26-11-9-10-22-18-24(13-14-25(22)26)41-29-16-17-34-28-20-31(40-8-4)30(39-7-3)19-27(28)29/h5-21H,1-4H2,(H,36,38). The number of rotatable bonds is 11. The smallest absolute Gasteiger partial charge is 0.256 e. The van der Waals surface area contributed by atoms with E-state index in [1.165, 1.54) is 12.5 Å². The maximum atomic E-state index is 13.2. The molecule has 1 N–H and O–H groups in total. The molecule has 0 spiro atoms. The van der Waals surface area contributed by atoms with Crippen LogP contribution in [0.5, 0.6) is 23.0 Å². The molecule has 0 fully saturated rings. The van der Waals surface area contributed by atoms with E-state index in [9.17, 15) is 4.79 Å². The number of anilines is 2. The molecule has 8 heteroatoms. The molecular weight excluding hydrogens is 516 g/mol. The Kier molecular flexibility index (Phi) is 7.74. The van der Waals surface area contributed by atoms with Gasteiger partial charge in [-0.2, -0.15) is 0 Å². The van der Waals surface area contributed by atoms with Gasteiger partial charge in [0.15, 0.2) is 11.5 Å². The number of fused-ring (bicyclic) bond motifs is 2. The van der Waals surface area contributed by atoms with Crippen LogP contribution in [-0.2, 0) is 0 Å². The lowest BCUT2D eigenvalue weighted by Crippen LogP contribution is -2.13. The fraction of sp³-hybridized carbons (Fsp3) is 0. The molecule has 8 nitrogen and oxygen atoms in total. The Hall–Kier alpha value is -5.89. The van der Waals surface area contributed by atoms with E-state index >= 15 is 0 Å². The molecule has 1 amide bonds. The molecule has 0 atom stereocenters. The van der Waals surface area contributed by atoms with Crippen molar-refractivity contribution in [1.29, 1.82) is 0 Å². The molecular formula is C33H26N4O4. The number of aromatic nitrogens is 2. The van der Waals surface area contributed by atoms with Crippen LogP contribution in [0.3, 0.4) is 0 Å². The molecule has 0 aliphatic carbocycles. The summed E-state index contributed by atoms with van der Waals surface area (Å²) < 4.78 is 17.3. The molecule has 2 aromatic heterocycles. The van der Waals surface area contributed by atoms with Crippen LogP contribution < -0.4 is 24.4 Å². The van der Waals surface area contributed by atoms with Crippen molar-refractivity contribution < 1.29 is 19.0 Å². The lowest BCUT2D eigenvalue weighted by molar-refractivity contribution is 0.102. The van der Waals surface area contributed by atoms with Gasteiger partial charge in [0.05, 0.1) is 29.9 Å². The van der Waals surface area contributed by atoms with Gasteiger partial charge in [-0.3, -0.25) is 9.78 Å². The third-order valence-corrected chi connectivity index (χ3v) is 6.18. The van der Waals surface area contributed by atoms with Crippen molar-refractivity contribution >= 4 is 39.1 Å². The van der Waals surface area contributed by atoms with Crippen molar-refractivity contribution in [1.82, 2.24) is 9.97 Å². The summed E-state index contributed by atoms with van der Waals surface area (Å²) in [4.78, 5) is 23.6. The summed E-state index contributed by atoms with van der Waals surface area (Å²) in [5, 5.41) is 5.25. The average Bonchev–Trinajstić information content (AvgIpc) is 2.99. The number of amides is 1. The van der Waals surface area contributed by atoms with Gasteiger partial charge in [0, 0.05) is 35.6 Å². The number of pyridine rings is 2. The summed E-state index contributed by atoms with van der Waals surface area (Å²) in [7, 11) is 0. The van der Waals surface area contributed by atoms with Gasteiger partial charge in [0.25, 0.3) is 5.91 Å². The van der Waals surface area contributed by atoms with Crippen molar-refractivity contribution in [2.24, 2.45) is 0 Å². The Morgan fingerprint density at radius 3 is 2.29 bits per heavy atom. The maximum absolute atomic E-state index is 13.2. The largest absolute Gasteiger partial charge is 0.462 e. The first-order valence-electron chi connectivity index (χ1n) is 12.5. The third kappa shape index (κ3) is 5.62. The Bertz CT molecular complexity index is 1790. The highest BCUT2D eigenvalue weighted by Crippen LogP contribution is 2.38. The fourth-order valence-electron chi connectivity index (χ4n) is 4.30. The van der Waals surface area contributed by atoms with Gasteiger partial charge in [-0.25, -0.2) is 4.98 Å². The van der Waals surface area contributed by atoms with Crippen LogP contribution in [-0.4, -0.2) is 15.9 Å². The van der Waals surface area contributed by atoms with E-state index in [-0.39, 0.29) is 5.91 Å². The molecule has 0 saturated carbocycles. The summed E-state index contributed by atoms with van der Waals surface area (Å²) in [5.41, 5.74) is 1.74. The quantitative estimate of drug-likeness (QED) is 0.169. The summed E-state index contributed by atoms with van der Waals surface area (Å²) in [6.45, 7) is 14.7. The number of nitrogens with zero attached hydrogens (tertiary/aromatic N) is 3. The first kappa shape index (κ1) is 26.7. The van der Waals surface area contributed by atoms with Crippen LogP contribution in [0.1, 0.15) is 10.4 Å². The molecule has 0 saturated heterocycles. The second kappa shape index (κ2) is 11.9. The summed E-state index contributed by atoms with van der Waals surface area (Å²) >= 11 is 0. The van der Waals surface area contributed by atoms with Crippen LogP contribution in [0, 0.1) is 0 Å². The van der Waals surface area contributed by atoms with E-state index in [1.807, 2.05) is 30.3 Å². The predicted molar refractivity (Wildman–Crippen MR) is 162 cm³/mol. The number of carbonyl (C=O) groups excluding carboxylic acids is 1. The second-order valence-electron chi connectivity index (χ2n) is 8.62. The van der Waals surface area contributed by atoms with Gasteiger partial charge in [-0.1, -0.05) is 38.4 Å². The number of carbonyl (C=O) groups is 1. The summed E-state index contributed by atoms with van der Waals surface area (Å²) in [5.74, 6) is 2.45.